The van der Waals surface area contributed by atoms with Gasteiger partial charge in [0.05, 0.1) is 10.2 Å². The largest absolute Gasteiger partial charge is 0.506 e. The summed E-state index contributed by atoms with van der Waals surface area (Å²) in [6, 6.07) is 9.29. The fourth-order valence-electron chi connectivity index (χ4n) is 1.36. The number of aromatic hydroxyl groups is 1. The minimum Gasteiger partial charge on any atom is -0.506 e. The lowest BCUT2D eigenvalue weighted by Gasteiger charge is -2.02. The molecule has 0 bridgehead atoms. The lowest BCUT2D eigenvalue weighted by Crippen LogP contribution is -1.84. The molecule has 0 spiro atoms. The van der Waals surface area contributed by atoms with E-state index in [0.29, 0.717) is 15.7 Å². The van der Waals surface area contributed by atoms with E-state index in [2.05, 4.69) is 36.9 Å². The number of hydrogen-bond acceptors (Lipinski definition) is 2. The zero-order chi connectivity index (χ0) is 13.1. The van der Waals surface area contributed by atoms with Gasteiger partial charge in [-0.05, 0) is 52.3 Å². The predicted molar refractivity (Wildman–Crippen MR) is 77.2 cm³/mol. The average molecular weight is 373 g/mol. The van der Waals surface area contributed by atoms with Gasteiger partial charge in [-0.25, -0.2) is 4.39 Å². The Balaban J connectivity index is 2.31. The van der Waals surface area contributed by atoms with Crippen molar-refractivity contribution in [3.63, 3.8) is 0 Å². The number of nitrogens with zero attached hydrogens (tertiary/aromatic N) is 1. The molecule has 5 heteroatoms. The van der Waals surface area contributed by atoms with E-state index in [0.717, 1.165) is 4.47 Å². The quantitative estimate of drug-likeness (QED) is 0.754. The van der Waals surface area contributed by atoms with E-state index in [9.17, 15) is 9.50 Å². The van der Waals surface area contributed by atoms with E-state index in [1.807, 2.05) is 0 Å². The maximum Gasteiger partial charge on any atom is 0.138 e. The van der Waals surface area contributed by atoms with Gasteiger partial charge in [0.15, 0.2) is 0 Å². The Morgan fingerprint density at radius 1 is 1.11 bits per heavy atom. The van der Waals surface area contributed by atoms with Crippen LogP contribution >= 0.6 is 31.9 Å². The SMILES string of the molecule is Oc1c(Br)cc(Br)cc1/C=N/c1ccc(F)cc1. The fourth-order valence-corrected chi connectivity index (χ4v) is 2.61. The van der Waals surface area contributed by atoms with Crippen LogP contribution in [0.15, 0.2) is 50.3 Å². The van der Waals surface area contributed by atoms with Crippen LogP contribution in [0, 0.1) is 5.82 Å². The first-order valence-corrected chi connectivity index (χ1v) is 6.62. The summed E-state index contributed by atoms with van der Waals surface area (Å²) < 4.78 is 14.1. The summed E-state index contributed by atoms with van der Waals surface area (Å²) in [5, 5.41) is 9.83. The third-order valence-corrected chi connectivity index (χ3v) is 3.30. The topological polar surface area (TPSA) is 32.6 Å². The van der Waals surface area contributed by atoms with Crippen LogP contribution in [0.5, 0.6) is 5.75 Å². The molecule has 0 unspecified atom stereocenters. The highest BCUT2D eigenvalue weighted by Gasteiger charge is 2.05. The smallest absolute Gasteiger partial charge is 0.138 e. The average Bonchev–Trinajstić information content (AvgIpc) is 2.34. The Kier molecular flexibility index (Phi) is 4.14. The second-order valence-corrected chi connectivity index (χ2v) is 5.33. The predicted octanol–water partition coefficient (Wildman–Crippen LogP) is 4.81. The molecule has 1 N–H and O–H groups in total. The van der Waals surface area contributed by atoms with E-state index in [1.54, 1.807) is 24.3 Å². The van der Waals surface area contributed by atoms with Crippen LogP contribution < -0.4 is 0 Å². The number of halogens is 3. The minimum absolute atomic E-state index is 0.115. The lowest BCUT2D eigenvalue weighted by molar-refractivity contribution is 0.471. The first-order valence-electron chi connectivity index (χ1n) is 5.04. The zero-order valence-corrected chi connectivity index (χ0v) is 12.2. The summed E-state index contributed by atoms with van der Waals surface area (Å²) >= 11 is 6.57. The van der Waals surface area contributed by atoms with Crippen molar-refractivity contribution in [2.75, 3.05) is 0 Å². The van der Waals surface area contributed by atoms with Crippen LogP contribution in [0.1, 0.15) is 5.56 Å². The normalized spacial score (nSPS) is 11.1. The van der Waals surface area contributed by atoms with Gasteiger partial charge >= 0.3 is 0 Å². The van der Waals surface area contributed by atoms with Crippen molar-refractivity contribution < 1.29 is 9.50 Å². The second-order valence-electron chi connectivity index (χ2n) is 3.56. The van der Waals surface area contributed by atoms with Crippen LogP contribution in [0.25, 0.3) is 0 Å². The molecule has 0 fully saturated rings. The maximum atomic E-state index is 12.7. The number of phenolic OH excluding ortho intramolecular Hbond substituents is 1. The molecular weight excluding hydrogens is 365 g/mol. The van der Waals surface area contributed by atoms with Crippen molar-refractivity contribution in [2.24, 2.45) is 4.99 Å². The number of rotatable bonds is 2. The molecule has 2 nitrogen and oxygen atoms in total. The first kappa shape index (κ1) is 13.2. The molecule has 18 heavy (non-hydrogen) atoms. The van der Waals surface area contributed by atoms with Crippen LogP contribution in [0.2, 0.25) is 0 Å². The Bertz CT molecular complexity index is 597. The Morgan fingerprint density at radius 3 is 2.44 bits per heavy atom. The molecule has 0 radical (unpaired) electrons. The Hall–Kier alpha value is -1.20. The van der Waals surface area contributed by atoms with Crippen molar-refractivity contribution in [2.45, 2.75) is 0 Å². The maximum absolute atomic E-state index is 12.7. The highest BCUT2D eigenvalue weighted by atomic mass is 79.9. The van der Waals surface area contributed by atoms with Crippen molar-refractivity contribution in [3.05, 3.63) is 56.7 Å². The molecular formula is C13H8Br2FNO. The molecule has 0 heterocycles. The van der Waals surface area contributed by atoms with Crippen molar-refractivity contribution in [1.29, 1.82) is 0 Å². The number of benzene rings is 2. The Morgan fingerprint density at radius 2 is 1.78 bits per heavy atom. The van der Waals surface area contributed by atoms with E-state index in [1.165, 1.54) is 18.3 Å². The standard InChI is InChI=1S/C13H8Br2FNO/c14-9-5-8(13(18)12(15)6-9)7-17-11-3-1-10(16)2-4-11/h1-7,18H/b17-7+. The van der Waals surface area contributed by atoms with E-state index >= 15 is 0 Å². The fraction of sp³-hybridized carbons (Fsp3) is 0. The van der Waals surface area contributed by atoms with Crippen LogP contribution in [-0.4, -0.2) is 11.3 Å². The van der Waals surface area contributed by atoms with E-state index in [4.69, 9.17) is 0 Å². The van der Waals surface area contributed by atoms with E-state index < -0.39 is 0 Å². The molecule has 2 rings (SSSR count). The van der Waals surface area contributed by atoms with E-state index in [-0.39, 0.29) is 11.6 Å². The molecule has 0 amide bonds. The van der Waals surface area contributed by atoms with Crippen molar-refractivity contribution in [1.82, 2.24) is 0 Å². The summed E-state index contributed by atoms with van der Waals surface area (Å²) in [5.41, 5.74) is 1.19. The van der Waals surface area contributed by atoms with Crippen LogP contribution in [0.3, 0.4) is 0 Å². The summed E-state index contributed by atoms with van der Waals surface area (Å²) in [4.78, 5) is 4.17. The van der Waals surface area contributed by atoms with Crippen LogP contribution in [-0.2, 0) is 0 Å². The Labute approximate surface area is 120 Å². The number of hydrogen-bond donors (Lipinski definition) is 1. The van der Waals surface area contributed by atoms with Gasteiger partial charge in [-0.15, -0.1) is 0 Å². The molecule has 92 valence electrons. The van der Waals surface area contributed by atoms with Gasteiger partial charge in [0.1, 0.15) is 11.6 Å². The minimum atomic E-state index is -0.304. The highest BCUT2D eigenvalue weighted by molar-refractivity contribution is 9.11. The summed E-state index contributed by atoms with van der Waals surface area (Å²) in [7, 11) is 0. The summed E-state index contributed by atoms with van der Waals surface area (Å²) in [6.07, 6.45) is 1.53. The summed E-state index contributed by atoms with van der Waals surface area (Å²) in [5.74, 6) is -0.189. The van der Waals surface area contributed by atoms with Gasteiger partial charge < -0.3 is 5.11 Å². The van der Waals surface area contributed by atoms with Gasteiger partial charge in [-0.2, -0.15) is 0 Å². The third kappa shape index (κ3) is 3.17. The molecule has 2 aromatic carbocycles. The molecule has 2 aromatic rings. The van der Waals surface area contributed by atoms with Crippen molar-refractivity contribution >= 4 is 43.8 Å². The molecule has 0 aromatic heterocycles. The lowest BCUT2D eigenvalue weighted by atomic mass is 10.2. The second kappa shape index (κ2) is 5.63. The van der Waals surface area contributed by atoms with Crippen LogP contribution in [0.4, 0.5) is 10.1 Å². The van der Waals surface area contributed by atoms with Crippen molar-refractivity contribution in [3.8, 4) is 5.75 Å². The van der Waals surface area contributed by atoms with Gasteiger partial charge in [-0.1, -0.05) is 15.9 Å². The highest BCUT2D eigenvalue weighted by Crippen LogP contribution is 2.30. The van der Waals surface area contributed by atoms with Gasteiger partial charge in [-0.3, -0.25) is 4.99 Å². The number of aliphatic imine (C=N–C) groups is 1. The van der Waals surface area contributed by atoms with Gasteiger partial charge in [0.25, 0.3) is 0 Å². The molecule has 0 aliphatic carbocycles. The third-order valence-electron chi connectivity index (χ3n) is 2.24. The number of phenols is 1. The zero-order valence-electron chi connectivity index (χ0n) is 9.07. The molecule has 0 atom stereocenters. The monoisotopic (exact) mass is 371 g/mol. The molecule has 0 aliphatic rings. The van der Waals surface area contributed by atoms with Gasteiger partial charge in [0, 0.05) is 16.3 Å². The molecule has 0 saturated heterocycles. The summed E-state index contributed by atoms with van der Waals surface area (Å²) in [6.45, 7) is 0. The molecule has 0 saturated carbocycles. The molecule has 0 aliphatic heterocycles. The van der Waals surface area contributed by atoms with Gasteiger partial charge in [0.2, 0.25) is 0 Å². The first-order chi connectivity index (χ1) is 8.56.